The van der Waals surface area contributed by atoms with Crippen LogP contribution in [0.3, 0.4) is 0 Å². The molecule has 0 fully saturated rings. The molecule has 2 N–H and O–H groups in total. The summed E-state index contributed by atoms with van der Waals surface area (Å²) < 4.78 is 31.4. The molecule has 6 heteroatoms. The van der Waals surface area contributed by atoms with Crippen molar-refractivity contribution in [1.82, 2.24) is 0 Å². The first-order chi connectivity index (χ1) is 8.90. The molecule has 0 unspecified atom stereocenters. The van der Waals surface area contributed by atoms with Crippen LogP contribution in [0.25, 0.3) is 0 Å². The van der Waals surface area contributed by atoms with Crippen LogP contribution in [-0.2, 0) is 21.2 Å². The van der Waals surface area contributed by atoms with E-state index < -0.39 is 10.0 Å². The lowest BCUT2D eigenvalue weighted by Gasteiger charge is -2.20. The van der Waals surface area contributed by atoms with Crippen molar-refractivity contribution in [1.29, 1.82) is 0 Å². The molecule has 0 saturated carbocycles. The quantitative estimate of drug-likeness (QED) is 0.829. The monoisotopic (exact) mass is 284 g/mol. The van der Waals surface area contributed by atoms with Crippen LogP contribution >= 0.6 is 0 Å². The van der Waals surface area contributed by atoms with Crippen molar-refractivity contribution >= 4 is 21.4 Å². The second-order valence-electron chi connectivity index (χ2n) is 4.95. The lowest BCUT2D eigenvalue weighted by atomic mass is 10.1. The summed E-state index contributed by atoms with van der Waals surface area (Å²) in [6, 6.07) is 5.42. The van der Waals surface area contributed by atoms with Crippen LogP contribution in [0, 0.1) is 0 Å². The standard InChI is InChI=1S/C13H20N2O3S/c1-10(2)18-7-8-19(16,17)15-6-5-11-3-4-12(14)9-13(11)15/h3-4,9-10H,5-8,14H2,1-2H3. The highest BCUT2D eigenvalue weighted by Crippen LogP contribution is 2.32. The molecule has 0 radical (unpaired) electrons. The molecule has 0 aromatic heterocycles. The average Bonchev–Trinajstić information content (AvgIpc) is 2.71. The highest BCUT2D eigenvalue weighted by Gasteiger charge is 2.29. The zero-order chi connectivity index (χ0) is 14.0. The smallest absolute Gasteiger partial charge is 0.237 e. The summed E-state index contributed by atoms with van der Waals surface area (Å²) >= 11 is 0. The molecule has 2 rings (SSSR count). The number of hydrogen-bond acceptors (Lipinski definition) is 4. The van der Waals surface area contributed by atoms with Gasteiger partial charge in [-0.05, 0) is 38.0 Å². The Morgan fingerprint density at radius 3 is 2.84 bits per heavy atom. The molecule has 1 aliphatic rings. The molecule has 0 amide bonds. The molecule has 1 aliphatic heterocycles. The number of hydrogen-bond donors (Lipinski definition) is 1. The maximum atomic E-state index is 12.3. The minimum atomic E-state index is -3.33. The largest absolute Gasteiger partial charge is 0.399 e. The highest BCUT2D eigenvalue weighted by molar-refractivity contribution is 7.92. The van der Waals surface area contributed by atoms with Crippen molar-refractivity contribution in [3.63, 3.8) is 0 Å². The molecule has 0 aliphatic carbocycles. The van der Waals surface area contributed by atoms with Gasteiger partial charge in [0.05, 0.1) is 24.2 Å². The van der Waals surface area contributed by atoms with Crippen molar-refractivity contribution in [3.8, 4) is 0 Å². The van der Waals surface area contributed by atoms with Crippen molar-refractivity contribution in [2.45, 2.75) is 26.4 Å². The Balaban J connectivity index is 2.13. The molecular formula is C13H20N2O3S. The van der Waals surface area contributed by atoms with E-state index in [2.05, 4.69) is 0 Å². The Hall–Kier alpha value is -1.27. The van der Waals surface area contributed by atoms with E-state index in [1.54, 1.807) is 12.1 Å². The normalized spacial score (nSPS) is 15.0. The van der Waals surface area contributed by atoms with Crippen molar-refractivity contribution in [3.05, 3.63) is 23.8 Å². The number of nitrogens with two attached hydrogens (primary N) is 1. The lowest BCUT2D eigenvalue weighted by Crippen LogP contribution is -2.33. The average molecular weight is 284 g/mol. The second kappa shape index (κ2) is 5.38. The van der Waals surface area contributed by atoms with Crippen LogP contribution in [0.5, 0.6) is 0 Å². The fourth-order valence-corrected chi connectivity index (χ4v) is 3.52. The summed E-state index contributed by atoms with van der Waals surface area (Å²) in [6.45, 7) is 4.48. The number of rotatable bonds is 5. The van der Waals surface area contributed by atoms with Gasteiger partial charge in [-0.15, -0.1) is 0 Å². The Bertz CT molecular complexity index is 555. The van der Waals surface area contributed by atoms with Gasteiger partial charge in [-0.1, -0.05) is 6.07 Å². The second-order valence-corrected chi connectivity index (χ2v) is 6.96. The summed E-state index contributed by atoms with van der Waals surface area (Å²) in [7, 11) is -3.33. The van der Waals surface area contributed by atoms with E-state index in [4.69, 9.17) is 10.5 Å². The minimum absolute atomic E-state index is 0.000576. The third-order valence-electron chi connectivity index (χ3n) is 3.09. The Morgan fingerprint density at radius 2 is 2.16 bits per heavy atom. The number of anilines is 2. The molecule has 0 saturated heterocycles. The van der Waals surface area contributed by atoms with E-state index >= 15 is 0 Å². The number of nitrogens with zero attached hydrogens (tertiary/aromatic N) is 1. The first kappa shape index (κ1) is 14.1. The lowest BCUT2D eigenvalue weighted by molar-refractivity contribution is 0.0912. The van der Waals surface area contributed by atoms with E-state index in [0.717, 1.165) is 12.0 Å². The third kappa shape index (κ3) is 3.19. The van der Waals surface area contributed by atoms with Gasteiger partial charge >= 0.3 is 0 Å². The predicted octanol–water partition coefficient (Wildman–Crippen LogP) is 1.39. The number of nitrogen functional groups attached to an aromatic ring is 1. The van der Waals surface area contributed by atoms with Gasteiger partial charge in [0.2, 0.25) is 10.0 Å². The van der Waals surface area contributed by atoms with Crippen molar-refractivity contribution in [2.75, 3.05) is 28.9 Å². The van der Waals surface area contributed by atoms with Crippen LogP contribution in [0.1, 0.15) is 19.4 Å². The van der Waals surface area contributed by atoms with Crippen LogP contribution in [0.15, 0.2) is 18.2 Å². The number of sulfonamides is 1. The van der Waals surface area contributed by atoms with E-state index in [0.29, 0.717) is 17.9 Å². The van der Waals surface area contributed by atoms with Gasteiger partial charge in [-0.3, -0.25) is 4.31 Å². The summed E-state index contributed by atoms with van der Waals surface area (Å²) in [5.41, 5.74) is 8.06. The Kier molecular flexibility index (Phi) is 4.01. The maximum absolute atomic E-state index is 12.3. The molecule has 1 heterocycles. The van der Waals surface area contributed by atoms with Gasteiger partial charge in [-0.25, -0.2) is 8.42 Å². The summed E-state index contributed by atoms with van der Waals surface area (Å²) in [4.78, 5) is 0. The van der Waals surface area contributed by atoms with Crippen LogP contribution in [0.4, 0.5) is 11.4 Å². The van der Waals surface area contributed by atoms with Crippen LogP contribution < -0.4 is 10.0 Å². The first-order valence-electron chi connectivity index (χ1n) is 6.40. The van der Waals surface area contributed by atoms with E-state index in [-0.39, 0.29) is 18.5 Å². The predicted molar refractivity (Wildman–Crippen MR) is 76.8 cm³/mol. The molecule has 5 nitrogen and oxygen atoms in total. The Labute approximate surface area is 114 Å². The number of fused-ring (bicyclic) bond motifs is 1. The van der Waals surface area contributed by atoms with Crippen molar-refractivity contribution in [2.24, 2.45) is 0 Å². The molecule has 0 atom stereocenters. The molecule has 0 bridgehead atoms. The third-order valence-corrected chi connectivity index (χ3v) is 4.82. The van der Waals surface area contributed by atoms with E-state index in [1.807, 2.05) is 19.9 Å². The van der Waals surface area contributed by atoms with Gasteiger partial charge in [0.1, 0.15) is 0 Å². The molecule has 1 aromatic rings. The van der Waals surface area contributed by atoms with Gasteiger partial charge in [0.25, 0.3) is 0 Å². The SMILES string of the molecule is CC(C)OCCS(=O)(=O)N1CCc2ccc(N)cc21. The summed E-state index contributed by atoms with van der Waals surface area (Å²) in [5.74, 6) is -0.000576. The van der Waals surface area contributed by atoms with Gasteiger partial charge < -0.3 is 10.5 Å². The topological polar surface area (TPSA) is 72.6 Å². The van der Waals surface area contributed by atoms with E-state index in [9.17, 15) is 8.42 Å². The zero-order valence-corrected chi connectivity index (χ0v) is 12.1. The van der Waals surface area contributed by atoms with Crippen molar-refractivity contribution < 1.29 is 13.2 Å². The minimum Gasteiger partial charge on any atom is -0.399 e. The first-order valence-corrected chi connectivity index (χ1v) is 8.01. The zero-order valence-electron chi connectivity index (χ0n) is 11.3. The maximum Gasteiger partial charge on any atom is 0.237 e. The summed E-state index contributed by atoms with van der Waals surface area (Å²) in [5, 5.41) is 0. The molecule has 19 heavy (non-hydrogen) atoms. The Morgan fingerprint density at radius 1 is 1.42 bits per heavy atom. The molecule has 0 spiro atoms. The molecular weight excluding hydrogens is 264 g/mol. The number of benzene rings is 1. The molecule has 106 valence electrons. The van der Waals surface area contributed by atoms with Crippen LogP contribution in [0.2, 0.25) is 0 Å². The molecule has 1 aromatic carbocycles. The number of ether oxygens (including phenoxy) is 1. The fraction of sp³-hybridized carbons (Fsp3) is 0.538. The fourth-order valence-electron chi connectivity index (χ4n) is 2.16. The highest BCUT2D eigenvalue weighted by atomic mass is 32.2. The summed E-state index contributed by atoms with van der Waals surface area (Å²) in [6.07, 6.45) is 0.775. The van der Waals surface area contributed by atoms with Crippen LogP contribution in [-0.4, -0.2) is 33.4 Å². The van der Waals surface area contributed by atoms with Gasteiger partial charge in [0, 0.05) is 12.2 Å². The van der Waals surface area contributed by atoms with E-state index in [1.165, 1.54) is 4.31 Å². The van der Waals surface area contributed by atoms with Gasteiger partial charge in [0.15, 0.2) is 0 Å². The van der Waals surface area contributed by atoms with Gasteiger partial charge in [-0.2, -0.15) is 0 Å².